The number of nitrogens with two attached hydrogens (primary N) is 1. The Balaban J connectivity index is 2.50. The topological polar surface area (TPSA) is 160 Å². The molecule has 0 aliphatic heterocycles. The summed E-state index contributed by atoms with van der Waals surface area (Å²) >= 11 is 0. The Hall–Kier alpha value is -2.98. The van der Waals surface area contributed by atoms with Crippen LogP contribution in [0.4, 0.5) is 0 Å². The van der Waals surface area contributed by atoms with E-state index in [0.717, 1.165) is 5.56 Å². The summed E-state index contributed by atoms with van der Waals surface area (Å²) in [5.41, 5.74) is 6.09. The summed E-state index contributed by atoms with van der Waals surface area (Å²) in [6.45, 7) is -1.45. The zero-order chi connectivity index (χ0) is 19.4. The summed E-state index contributed by atoms with van der Waals surface area (Å²) in [7, 11) is 0. The molecular weight excluding hydrogens is 344 g/mol. The van der Waals surface area contributed by atoms with Crippen molar-refractivity contribution in [2.24, 2.45) is 5.73 Å². The van der Waals surface area contributed by atoms with E-state index in [2.05, 4.69) is 20.7 Å². The first-order valence-corrected chi connectivity index (χ1v) is 7.79. The Morgan fingerprint density at radius 2 is 1.77 bits per heavy atom. The molecule has 1 atom stereocenters. The maximum absolute atomic E-state index is 12.3. The number of ether oxygens (including phenoxy) is 1. The van der Waals surface area contributed by atoms with Crippen LogP contribution in [0.3, 0.4) is 0 Å². The van der Waals surface area contributed by atoms with E-state index < -0.39 is 36.3 Å². The van der Waals surface area contributed by atoms with Gasteiger partial charge < -0.3 is 31.5 Å². The maximum atomic E-state index is 12.3. The number of carbonyl (C=O) groups is 4. The van der Waals surface area contributed by atoms with Crippen LogP contribution in [0.5, 0.6) is 0 Å². The van der Waals surface area contributed by atoms with Gasteiger partial charge in [0, 0.05) is 6.42 Å². The molecule has 0 spiro atoms. The number of benzene rings is 1. The van der Waals surface area contributed by atoms with Crippen LogP contribution < -0.4 is 21.7 Å². The normalized spacial score (nSPS) is 11.3. The van der Waals surface area contributed by atoms with Gasteiger partial charge in [0.1, 0.15) is 19.4 Å². The van der Waals surface area contributed by atoms with Gasteiger partial charge in [-0.25, -0.2) is 4.79 Å². The van der Waals surface area contributed by atoms with Gasteiger partial charge in [-0.15, -0.1) is 0 Å². The first kappa shape index (κ1) is 21.1. The predicted molar refractivity (Wildman–Crippen MR) is 90.7 cm³/mol. The Morgan fingerprint density at radius 1 is 1.08 bits per heavy atom. The molecule has 0 saturated heterocycles. The number of rotatable bonds is 11. The van der Waals surface area contributed by atoms with Gasteiger partial charge in [-0.05, 0) is 5.56 Å². The van der Waals surface area contributed by atoms with Crippen LogP contribution in [-0.4, -0.2) is 61.3 Å². The molecule has 142 valence electrons. The highest BCUT2D eigenvalue weighted by Gasteiger charge is 2.21. The second-order valence-corrected chi connectivity index (χ2v) is 5.22. The highest BCUT2D eigenvalue weighted by Crippen LogP contribution is 2.03. The highest BCUT2D eigenvalue weighted by molar-refractivity contribution is 5.91. The van der Waals surface area contributed by atoms with E-state index in [1.165, 1.54) is 0 Å². The molecule has 26 heavy (non-hydrogen) atoms. The number of carboxylic acids is 1. The molecule has 0 aromatic heterocycles. The molecule has 0 aliphatic carbocycles. The van der Waals surface area contributed by atoms with Crippen molar-refractivity contribution in [3.8, 4) is 0 Å². The zero-order valence-corrected chi connectivity index (χ0v) is 14.1. The van der Waals surface area contributed by atoms with Crippen molar-refractivity contribution in [1.29, 1.82) is 0 Å². The van der Waals surface area contributed by atoms with E-state index in [0.29, 0.717) is 0 Å². The second kappa shape index (κ2) is 11.6. The molecule has 1 rings (SSSR count). The first-order valence-electron chi connectivity index (χ1n) is 7.79. The van der Waals surface area contributed by atoms with Crippen LogP contribution >= 0.6 is 0 Å². The summed E-state index contributed by atoms with van der Waals surface area (Å²) in [6.07, 6.45) is 0.238. The molecule has 0 bridgehead atoms. The number of hydrogen-bond donors (Lipinski definition) is 5. The Labute approximate surface area is 150 Å². The smallest absolute Gasteiger partial charge is 0.329 e. The van der Waals surface area contributed by atoms with E-state index in [-0.39, 0.29) is 26.2 Å². The lowest BCUT2D eigenvalue weighted by molar-refractivity contribution is -0.143. The largest absolute Gasteiger partial charge is 0.480 e. The van der Waals surface area contributed by atoms with E-state index in [9.17, 15) is 19.2 Å². The van der Waals surface area contributed by atoms with E-state index in [1.807, 2.05) is 6.07 Å². The number of nitrogens with one attached hydrogen (secondary N) is 3. The zero-order valence-electron chi connectivity index (χ0n) is 14.1. The third-order valence-corrected chi connectivity index (χ3v) is 3.14. The Bertz CT molecular complexity index is 622. The van der Waals surface area contributed by atoms with Crippen molar-refractivity contribution in [3.63, 3.8) is 0 Å². The van der Waals surface area contributed by atoms with E-state index >= 15 is 0 Å². The van der Waals surface area contributed by atoms with Gasteiger partial charge in [0.2, 0.25) is 17.7 Å². The Morgan fingerprint density at radius 3 is 2.38 bits per heavy atom. The lowest BCUT2D eigenvalue weighted by Gasteiger charge is -2.18. The van der Waals surface area contributed by atoms with Crippen LogP contribution in [0, 0.1) is 0 Å². The third-order valence-electron chi connectivity index (χ3n) is 3.14. The monoisotopic (exact) mass is 366 g/mol. The van der Waals surface area contributed by atoms with Crippen LogP contribution in [0.1, 0.15) is 5.56 Å². The highest BCUT2D eigenvalue weighted by atomic mass is 16.5. The molecule has 0 fully saturated rings. The van der Waals surface area contributed by atoms with E-state index in [1.54, 1.807) is 24.3 Å². The van der Waals surface area contributed by atoms with Gasteiger partial charge in [0.05, 0.1) is 13.1 Å². The van der Waals surface area contributed by atoms with Gasteiger partial charge >= 0.3 is 5.97 Å². The summed E-state index contributed by atoms with van der Waals surface area (Å²) in [6, 6.07) is 8.17. The van der Waals surface area contributed by atoms with Gasteiger partial charge in [-0.1, -0.05) is 30.3 Å². The molecule has 3 amide bonds. The molecular formula is C16H22N4O6. The SMILES string of the molecule is NCC(=O)NC(Cc1ccccc1)C(=O)NCC(=O)NCOCC(=O)O. The molecule has 1 unspecified atom stereocenters. The van der Waals surface area contributed by atoms with Gasteiger partial charge in [-0.3, -0.25) is 14.4 Å². The van der Waals surface area contributed by atoms with Crippen LogP contribution in [0.25, 0.3) is 0 Å². The standard InChI is InChI=1S/C16H22N4O6/c17-7-13(21)20-12(6-11-4-2-1-3-5-11)16(25)18-8-14(22)19-10-26-9-15(23)24/h1-5,12H,6-10,17H2,(H,18,25)(H,19,22)(H,20,21)(H,23,24). The number of carboxylic acid groups (broad SMARTS) is 1. The van der Waals surface area contributed by atoms with Crippen molar-refractivity contribution < 1.29 is 29.0 Å². The molecule has 0 saturated carbocycles. The summed E-state index contributed by atoms with van der Waals surface area (Å²) in [5.74, 6) is -2.76. The minimum atomic E-state index is -1.16. The fourth-order valence-electron chi connectivity index (χ4n) is 1.94. The minimum Gasteiger partial charge on any atom is -0.480 e. The number of aliphatic carboxylic acids is 1. The van der Waals surface area contributed by atoms with Crippen molar-refractivity contribution in [1.82, 2.24) is 16.0 Å². The molecule has 1 aromatic rings. The second-order valence-electron chi connectivity index (χ2n) is 5.22. The van der Waals surface area contributed by atoms with Crippen LogP contribution in [-0.2, 0) is 30.3 Å². The molecule has 10 nitrogen and oxygen atoms in total. The number of amides is 3. The quantitative estimate of drug-likeness (QED) is 0.223. The minimum absolute atomic E-state index is 0.238. The van der Waals surface area contributed by atoms with Crippen molar-refractivity contribution in [2.75, 3.05) is 26.4 Å². The van der Waals surface area contributed by atoms with Gasteiger partial charge in [0.15, 0.2) is 0 Å². The fourth-order valence-corrected chi connectivity index (χ4v) is 1.94. The van der Waals surface area contributed by atoms with Crippen LogP contribution in [0.2, 0.25) is 0 Å². The molecule has 6 N–H and O–H groups in total. The molecule has 0 radical (unpaired) electrons. The Kier molecular flexibility index (Phi) is 9.36. The van der Waals surface area contributed by atoms with Crippen molar-refractivity contribution in [3.05, 3.63) is 35.9 Å². The fraction of sp³-hybridized carbons (Fsp3) is 0.375. The van der Waals surface area contributed by atoms with E-state index in [4.69, 9.17) is 10.8 Å². The van der Waals surface area contributed by atoms with Gasteiger partial charge in [0.25, 0.3) is 0 Å². The average Bonchev–Trinajstić information content (AvgIpc) is 2.63. The van der Waals surface area contributed by atoms with Crippen LogP contribution in [0.15, 0.2) is 30.3 Å². The van der Waals surface area contributed by atoms with Crippen molar-refractivity contribution >= 4 is 23.7 Å². The lowest BCUT2D eigenvalue weighted by Crippen LogP contribution is -2.51. The van der Waals surface area contributed by atoms with Crippen molar-refractivity contribution in [2.45, 2.75) is 12.5 Å². The number of hydrogen-bond acceptors (Lipinski definition) is 6. The first-order chi connectivity index (χ1) is 12.4. The van der Waals surface area contributed by atoms with Gasteiger partial charge in [-0.2, -0.15) is 0 Å². The molecule has 0 heterocycles. The third kappa shape index (κ3) is 8.76. The summed E-state index contributed by atoms with van der Waals surface area (Å²) in [4.78, 5) is 45.6. The maximum Gasteiger partial charge on any atom is 0.329 e. The number of carbonyl (C=O) groups excluding carboxylic acids is 3. The molecule has 0 aliphatic rings. The predicted octanol–water partition coefficient (Wildman–Crippen LogP) is -2.04. The average molecular weight is 366 g/mol. The summed E-state index contributed by atoms with van der Waals surface area (Å²) < 4.78 is 4.65. The summed E-state index contributed by atoms with van der Waals surface area (Å²) in [5, 5.41) is 15.6. The molecule has 1 aromatic carbocycles. The lowest BCUT2D eigenvalue weighted by atomic mass is 10.1. The molecule has 10 heteroatoms.